The molecule has 0 bridgehead atoms. The SMILES string of the molecule is [2H]C([2H])([2H])C(O)(CC(=O)OCC)C([2H])([2H])[2H]. The Kier molecular flexibility index (Phi) is 1.15. The lowest BCUT2D eigenvalue weighted by Crippen LogP contribution is -2.24. The highest BCUT2D eigenvalue weighted by Gasteiger charge is 2.18. The van der Waals surface area contributed by atoms with Gasteiger partial charge >= 0.3 is 5.97 Å². The van der Waals surface area contributed by atoms with Crippen molar-refractivity contribution in [2.75, 3.05) is 6.61 Å². The number of hydrogen-bond donors (Lipinski definition) is 1. The molecule has 0 radical (unpaired) electrons. The number of rotatable bonds is 3. The van der Waals surface area contributed by atoms with E-state index in [4.69, 9.17) is 8.22 Å². The molecule has 0 aromatic rings. The Bertz CT molecular complexity index is 242. The van der Waals surface area contributed by atoms with Crippen molar-refractivity contribution in [2.24, 2.45) is 0 Å². The summed E-state index contributed by atoms with van der Waals surface area (Å²) in [6.07, 6.45) is -1.09. The van der Waals surface area contributed by atoms with Crippen molar-refractivity contribution in [3.63, 3.8) is 0 Å². The standard InChI is InChI=1S/C7H14O3/c1-4-10-6(8)5-7(2,3)9/h9H,4-5H2,1-3H3/i2D3,3D3. The second kappa shape index (κ2) is 3.56. The van der Waals surface area contributed by atoms with Gasteiger partial charge in [-0.3, -0.25) is 4.79 Å². The van der Waals surface area contributed by atoms with Gasteiger partial charge in [0.25, 0.3) is 0 Å². The Morgan fingerprint density at radius 1 is 1.80 bits per heavy atom. The van der Waals surface area contributed by atoms with Crippen molar-refractivity contribution < 1.29 is 22.9 Å². The molecule has 0 aliphatic heterocycles. The largest absolute Gasteiger partial charge is 0.466 e. The van der Waals surface area contributed by atoms with E-state index in [1.807, 2.05) is 0 Å². The van der Waals surface area contributed by atoms with E-state index in [0.29, 0.717) is 0 Å². The first-order chi connectivity index (χ1) is 6.95. The highest BCUT2D eigenvalue weighted by Crippen LogP contribution is 2.07. The highest BCUT2D eigenvalue weighted by molar-refractivity contribution is 5.70. The Labute approximate surface area is 69.4 Å². The summed E-state index contributed by atoms with van der Waals surface area (Å²) in [7, 11) is 0. The van der Waals surface area contributed by atoms with Crippen LogP contribution < -0.4 is 0 Å². The van der Waals surface area contributed by atoms with Gasteiger partial charge in [-0.15, -0.1) is 0 Å². The fourth-order valence-electron chi connectivity index (χ4n) is 0.421. The third kappa shape index (κ3) is 5.56. The molecule has 0 aliphatic carbocycles. The minimum atomic E-state index is -3.19. The zero-order valence-electron chi connectivity index (χ0n) is 11.7. The molecule has 0 aromatic carbocycles. The van der Waals surface area contributed by atoms with Crippen LogP contribution in [0.5, 0.6) is 0 Å². The van der Waals surface area contributed by atoms with Gasteiger partial charge in [0, 0.05) is 8.22 Å². The average Bonchev–Trinajstić information content (AvgIpc) is 1.99. The van der Waals surface area contributed by atoms with Crippen LogP contribution in [0.1, 0.15) is 35.3 Å². The summed E-state index contributed by atoms with van der Waals surface area (Å²) < 4.78 is 46.3. The van der Waals surface area contributed by atoms with E-state index >= 15 is 0 Å². The predicted octanol–water partition coefficient (Wildman–Crippen LogP) is 0.710. The molecule has 0 atom stereocenters. The fraction of sp³-hybridized carbons (Fsp3) is 0.857. The zero-order chi connectivity index (χ0) is 13.2. The van der Waals surface area contributed by atoms with Gasteiger partial charge < -0.3 is 9.84 Å². The number of carbonyl (C=O) groups is 1. The van der Waals surface area contributed by atoms with Gasteiger partial charge in [-0.2, -0.15) is 0 Å². The lowest BCUT2D eigenvalue weighted by molar-refractivity contribution is -0.147. The Hall–Kier alpha value is -0.570. The van der Waals surface area contributed by atoms with Crippen LogP contribution in [-0.2, 0) is 9.53 Å². The summed E-state index contributed by atoms with van der Waals surface area (Å²) in [5.41, 5.74) is -3.08. The minimum absolute atomic E-state index is 0.0170. The Balaban J connectivity index is 5.06. The molecule has 0 spiro atoms. The molecule has 3 nitrogen and oxygen atoms in total. The first-order valence-electron chi connectivity index (χ1n) is 5.83. The topological polar surface area (TPSA) is 46.5 Å². The van der Waals surface area contributed by atoms with Gasteiger partial charge in [-0.25, -0.2) is 0 Å². The molecule has 0 rings (SSSR count). The fourth-order valence-corrected chi connectivity index (χ4v) is 0.421. The molecule has 60 valence electrons. The molecule has 0 heterocycles. The van der Waals surface area contributed by atoms with Crippen LogP contribution in [0.4, 0.5) is 0 Å². The lowest BCUT2D eigenvalue weighted by Gasteiger charge is -2.14. The van der Waals surface area contributed by atoms with Crippen molar-refractivity contribution in [3.8, 4) is 0 Å². The molecule has 0 amide bonds. The summed E-state index contributed by atoms with van der Waals surface area (Å²) >= 11 is 0. The third-order valence-corrected chi connectivity index (χ3v) is 0.705. The molecular formula is C7H14O3. The molecule has 10 heavy (non-hydrogen) atoms. The van der Waals surface area contributed by atoms with Gasteiger partial charge in [0.2, 0.25) is 0 Å². The Morgan fingerprint density at radius 3 is 2.80 bits per heavy atom. The van der Waals surface area contributed by atoms with Crippen molar-refractivity contribution in [1.82, 2.24) is 0 Å². The summed E-state index contributed by atoms with van der Waals surface area (Å²) in [4.78, 5) is 11.1. The maximum absolute atomic E-state index is 11.1. The number of hydrogen-bond acceptors (Lipinski definition) is 3. The average molecular weight is 152 g/mol. The molecule has 1 N–H and O–H groups in total. The molecule has 0 aromatic heterocycles. The predicted molar refractivity (Wildman–Crippen MR) is 37.5 cm³/mol. The zero-order valence-corrected chi connectivity index (χ0v) is 5.68. The minimum Gasteiger partial charge on any atom is -0.466 e. The van der Waals surface area contributed by atoms with Crippen molar-refractivity contribution in [1.29, 1.82) is 0 Å². The van der Waals surface area contributed by atoms with Crippen LogP contribution in [-0.4, -0.2) is 23.3 Å². The van der Waals surface area contributed by atoms with E-state index < -0.39 is 31.7 Å². The second-order valence-corrected chi connectivity index (χ2v) is 1.84. The van der Waals surface area contributed by atoms with Crippen molar-refractivity contribution >= 4 is 5.97 Å². The van der Waals surface area contributed by atoms with Gasteiger partial charge in [0.15, 0.2) is 0 Å². The normalized spacial score (nSPS) is 22.6. The molecule has 0 saturated heterocycles. The first-order valence-corrected chi connectivity index (χ1v) is 2.83. The van der Waals surface area contributed by atoms with Crippen LogP contribution in [0.15, 0.2) is 0 Å². The van der Waals surface area contributed by atoms with Crippen molar-refractivity contribution in [2.45, 2.75) is 32.6 Å². The van der Waals surface area contributed by atoms with E-state index in [1.165, 1.54) is 6.92 Å². The maximum Gasteiger partial charge on any atom is 0.308 e. The second-order valence-electron chi connectivity index (χ2n) is 1.84. The van der Waals surface area contributed by atoms with E-state index in [1.54, 1.807) is 0 Å². The van der Waals surface area contributed by atoms with E-state index in [9.17, 15) is 9.90 Å². The smallest absolute Gasteiger partial charge is 0.308 e. The number of aliphatic hydroxyl groups is 1. The van der Waals surface area contributed by atoms with E-state index in [2.05, 4.69) is 4.74 Å². The number of ether oxygens (including phenoxy) is 1. The lowest BCUT2D eigenvalue weighted by atomic mass is 10.1. The quantitative estimate of drug-likeness (QED) is 0.606. The monoisotopic (exact) mass is 152 g/mol. The number of esters is 1. The van der Waals surface area contributed by atoms with Crippen LogP contribution in [0.2, 0.25) is 0 Å². The molecule has 0 unspecified atom stereocenters. The van der Waals surface area contributed by atoms with Crippen LogP contribution >= 0.6 is 0 Å². The molecule has 0 fully saturated rings. The first kappa shape index (κ1) is 3.22. The van der Waals surface area contributed by atoms with Gasteiger partial charge in [0.1, 0.15) is 0 Å². The molecule has 0 saturated carbocycles. The highest BCUT2D eigenvalue weighted by atomic mass is 16.5. The van der Waals surface area contributed by atoms with Crippen LogP contribution in [0.3, 0.4) is 0 Å². The molecular weight excluding hydrogens is 132 g/mol. The summed E-state index contributed by atoms with van der Waals surface area (Å²) in [6.45, 7) is -4.91. The van der Waals surface area contributed by atoms with Gasteiger partial charge in [0.05, 0.1) is 18.6 Å². The summed E-state index contributed by atoms with van der Waals surface area (Å²) in [6, 6.07) is 0. The van der Waals surface area contributed by atoms with Gasteiger partial charge in [-0.05, 0) is 20.6 Å². The van der Waals surface area contributed by atoms with Crippen LogP contribution in [0, 0.1) is 0 Å². The summed E-state index contributed by atoms with van der Waals surface area (Å²) in [5.74, 6) is -1.06. The molecule has 0 aliphatic rings. The van der Waals surface area contributed by atoms with E-state index in [0.717, 1.165) is 0 Å². The summed E-state index contributed by atoms with van der Waals surface area (Å²) in [5, 5.41) is 9.66. The maximum atomic E-state index is 11.1. The van der Waals surface area contributed by atoms with Crippen molar-refractivity contribution in [3.05, 3.63) is 0 Å². The Morgan fingerprint density at radius 2 is 2.40 bits per heavy atom. The van der Waals surface area contributed by atoms with Gasteiger partial charge in [-0.1, -0.05) is 0 Å². The van der Waals surface area contributed by atoms with E-state index in [-0.39, 0.29) is 6.61 Å². The molecule has 3 heteroatoms. The van der Waals surface area contributed by atoms with Crippen LogP contribution in [0.25, 0.3) is 0 Å². The third-order valence-electron chi connectivity index (χ3n) is 0.705. The number of carbonyl (C=O) groups excluding carboxylic acids is 1.